The van der Waals surface area contributed by atoms with Crippen molar-refractivity contribution in [3.05, 3.63) is 18.2 Å². The fraction of sp³-hybridized carbons (Fsp3) is 0.786. The molecule has 0 fully saturated rings. The van der Waals surface area contributed by atoms with Gasteiger partial charge < -0.3 is 0 Å². The standard InChI is InChI=1S/C14H26N2/c1-13(2)9-7-5-4-6-8-11-16-12-10-15-14(16)3/h10,12-13H,4-9,11H2,1-3H3/p+1. The Bertz CT molecular complexity index is 276. The van der Waals surface area contributed by atoms with E-state index < -0.39 is 0 Å². The molecular weight excluding hydrogens is 196 g/mol. The topological polar surface area (TPSA) is 19.7 Å². The van der Waals surface area contributed by atoms with Crippen molar-refractivity contribution in [3.8, 4) is 0 Å². The van der Waals surface area contributed by atoms with E-state index in [2.05, 4.69) is 36.5 Å². The third kappa shape index (κ3) is 5.34. The van der Waals surface area contributed by atoms with E-state index >= 15 is 0 Å². The highest BCUT2D eigenvalue weighted by molar-refractivity contribution is 4.70. The number of H-pyrrole nitrogens is 1. The smallest absolute Gasteiger partial charge is 0.248 e. The Balaban J connectivity index is 1.94. The summed E-state index contributed by atoms with van der Waals surface area (Å²) in [5, 5.41) is 0. The van der Waals surface area contributed by atoms with E-state index in [0.717, 1.165) is 5.92 Å². The number of aromatic nitrogens is 2. The maximum absolute atomic E-state index is 3.21. The molecule has 1 N–H and O–H groups in total. The fourth-order valence-electron chi connectivity index (χ4n) is 2.05. The van der Waals surface area contributed by atoms with Crippen LogP contribution in [-0.4, -0.2) is 4.98 Å². The van der Waals surface area contributed by atoms with Crippen LogP contribution in [0.3, 0.4) is 0 Å². The summed E-state index contributed by atoms with van der Waals surface area (Å²) in [5.41, 5.74) is 0. The Morgan fingerprint density at radius 3 is 2.44 bits per heavy atom. The van der Waals surface area contributed by atoms with E-state index in [1.54, 1.807) is 0 Å². The van der Waals surface area contributed by atoms with Crippen molar-refractivity contribution < 1.29 is 4.57 Å². The number of hydrogen-bond donors (Lipinski definition) is 1. The van der Waals surface area contributed by atoms with Gasteiger partial charge in [0, 0.05) is 6.92 Å². The van der Waals surface area contributed by atoms with E-state index in [1.807, 2.05) is 6.20 Å². The molecule has 2 nitrogen and oxygen atoms in total. The third-order valence-electron chi connectivity index (χ3n) is 3.16. The number of aryl methyl sites for hydroxylation is 2. The summed E-state index contributed by atoms with van der Waals surface area (Å²) >= 11 is 0. The van der Waals surface area contributed by atoms with Crippen LogP contribution in [0.25, 0.3) is 0 Å². The van der Waals surface area contributed by atoms with Gasteiger partial charge in [-0.1, -0.05) is 39.5 Å². The van der Waals surface area contributed by atoms with Crippen LogP contribution in [0.1, 0.15) is 58.2 Å². The monoisotopic (exact) mass is 223 g/mol. The van der Waals surface area contributed by atoms with Crippen molar-refractivity contribution in [1.29, 1.82) is 0 Å². The minimum absolute atomic E-state index is 0.873. The molecule has 0 amide bonds. The molecule has 0 radical (unpaired) electrons. The van der Waals surface area contributed by atoms with Crippen LogP contribution in [0.15, 0.2) is 12.4 Å². The first kappa shape index (κ1) is 13.3. The zero-order valence-electron chi connectivity index (χ0n) is 11.1. The van der Waals surface area contributed by atoms with Gasteiger partial charge in [-0.3, -0.25) is 0 Å². The average Bonchev–Trinajstić information content (AvgIpc) is 2.62. The van der Waals surface area contributed by atoms with Gasteiger partial charge in [-0.2, -0.15) is 0 Å². The number of rotatable bonds is 8. The number of imidazole rings is 1. The molecule has 0 bridgehead atoms. The van der Waals surface area contributed by atoms with Crippen LogP contribution in [0.4, 0.5) is 0 Å². The fourth-order valence-corrected chi connectivity index (χ4v) is 2.05. The van der Waals surface area contributed by atoms with Gasteiger partial charge in [-0.25, -0.2) is 9.55 Å². The summed E-state index contributed by atoms with van der Waals surface area (Å²) in [6, 6.07) is 0. The van der Waals surface area contributed by atoms with Crippen molar-refractivity contribution in [2.24, 2.45) is 5.92 Å². The molecule has 0 aliphatic carbocycles. The average molecular weight is 223 g/mol. The van der Waals surface area contributed by atoms with Gasteiger partial charge in [0.25, 0.3) is 5.82 Å². The van der Waals surface area contributed by atoms with E-state index in [0.29, 0.717) is 0 Å². The predicted molar refractivity (Wildman–Crippen MR) is 68.3 cm³/mol. The summed E-state index contributed by atoms with van der Waals surface area (Å²) in [7, 11) is 0. The summed E-state index contributed by atoms with van der Waals surface area (Å²) in [6.45, 7) is 7.92. The number of nitrogens with zero attached hydrogens (tertiary/aromatic N) is 1. The van der Waals surface area contributed by atoms with Gasteiger partial charge in [0.05, 0.1) is 6.54 Å². The Kier molecular flexibility index (Phi) is 6.20. The first-order chi connectivity index (χ1) is 7.70. The number of hydrogen-bond acceptors (Lipinski definition) is 0. The van der Waals surface area contributed by atoms with Crippen molar-refractivity contribution >= 4 is 0 Å². The van der Waals surface area contributed by atoms with Crippen LogP contribution in [0.2, 0.25) is 0 Å². The molecule has 1 rings (SSSR count). The van der Waals surface area contributed by atoms with Gasteiger partial charge in [-0.15, -0.1) is 0 Å². The highest BCUT2D eigenvalue weighted by Gasteiger charge is 2.03. The van der Waals surface area contributed by atoms with Gasteiger partial charge in [0.1, 0.15) is 12.4 Å². The largest absolute Gasteiger partial charge is 0.251 e. The van der Waals surface area contributed by atoms with Crippen molar-refractivity contribution in [2.75, 3.05) is 0 Å². The quantitative estimate of drug-likeness (QED) is 0.513. The molecule has 0 spiro atoms. The predicted octanol–water partition coefficient (Wildman–Crippen LogP) is 3.61. The molecule has 0 atom stereocenters. The minimum atomic E-state index is 0.873. The molecule has 16 heavy (non-hydrogen) atoms. The lowest BCUT2D eigenvalue weighted by atomic mass is 10.0. The molecule has 1 aromatic heterocycles. The maximum atomic E-state index is 3.21. The molecule has 1 heterocycles. The van der Waals surface area contributed by atoms with Gasteiger partial charge >= 0.3 is 0 Å². The van der Waals surface area contributed by atoms with Crippen molar-refractivity contribution in [1.82, 2.24) is 4.98 Å². The van der Waals surface area contributed by atoms with E-state index in [1.165, 1.54) is 50.9 Å². The first-order valence-corrected chi connectivity index (χ1v) is 6.73. The lowest BCUT2D eigenvalue weighted by molar-refractivity contribution is -0.702. The van der Waals surface area contributed by atoms with E-state index in [9.17, 15) is 0 Å². The number of nitrogens with one attached hydrogen (secondary N) is 1. The maximum Gasteiger partial charge on any atom is 0.251 e. The van der Waals surface area contributed by atoms with Crippen LogP contribution in [-0.2, 0) is 6.54 Å². The molecule has 0 aliphatic rings. The molecule has 92 valence electrons. The normalized spacial score (nSPS) is 11.2. The molecular formula is C14H27N2+. The zero-order chi connectivity index (χ0) is 11.8. The third-order valence-corrected chi connectivity index (χ3v) is 3.16. The molecule has 0 aromatic carbocycles. The zero-order valence-corrected chi connectivity index (χ0v) is 11.1. The minimum Gasteiger partial charge on any atom is -0.248 e. The second kappa shape index (κ2) is 7.48. The molecule has 1 aromatic rings. The Hall–Kier alpha value is -0.790. The second-order valence-electron chi connectivity index (χ2n) is 5.19. The lowest BCUT2D eigenvalue weighted by Gasteiger charge is -2.03. The second-order valence-corrected chi connectivity index (χ2v) is 5.19. The van der Waals surface area contributed by atoms with Gasteiger partial charge in [0.2, 0.25) is 0 Å². The first-order valence-electron chi connectivity index (χ1n) is 6.73. The molecule has 0 aliphatic heterocycles. The molecule has 0 unspecified atom stereocenters. The highest BCUT2D eigenvalue weighted by atomic mass is 15.0. The summed E-state index contributed by atoms with van der Waals surface area (Å²) in [5.74, 6) is 2.14. The van der Waals surface area contributed by atoms with Crippen LogP contribution in [0.5, 0.6) is 0 Å². The Labute approximate surface area is 100 Å². The highest BCUT2D eigenvalue weighted by Crippen LogP contribution is 2.10. The summed E-state index contributed by atoms with van der Waals surface area (Å²) in [4.78, 5) is 3.21. The van der Waals surface area contributed by atoms with Crippen LogP contribution >= 0.6 is 0 Å². The van der Waals surface area contributed by atoms with E-state index in [4.69, 9.17) is 0 Å². The Morgan fingerprint density at radius 2 is 1.81 bits per heavy atom. The molecule has 0 saturated carbocycles. The SMILES string of the molecule is Cc1[nH]cc[n+]1CCCCCCCC(C)C. The van der Waals surface area contributed by atoms with Crippen LogP contribution < -0.4 is 4.57 Å². The molecule has 2 heteroatoms. The molecule has 0 saturated heterocycles. The number of unbranched alkanes of at least 4 members (excludes halogenated alkanes) is 4. The van der Waals surface area contributed by atoms with Crippen LogP contribution in [0, 0.1) is 12.8 Å². The lowest BCUT2D eigenvalue weighted by Crippen LogP contribution is -2.34. The summed E-state index contributed by atoms with van der Waals surface area (Å²) < 4.78 is 2.30. The number of aromatic amines is 1. The van der Waals surface area contributed by atoms with E-state index in [-0.39, 0.29) is 0 Å². The van der Waals surface area contributed by atoms with Crippen molar-refractivity contribution in [3.63, 3.8) is 0 Å². The van der Waals surface area contributed by atoms with Crippen molar-refractivity contribution in [2.45, 2.75) is 65.8 Å². The summed E-state index contributed by atoms with van der Waals surface area (Å²) in [6.07, 6.45) is 12.4. The van der Waals surface area contributed by atoms with Gasteiger partial charge in [-0.05, 0) is 18.8 Å². The van der Waals surface area contributed by atoms with Gasteiger partial charge in [0.15, 0.2) is 0 Å². The Morgan fingerprint density at radius 1 is 1.12 bits per heavy atom.